The molecule has 0 spiro atoms. The number of esters is 1. The molecule has 7 heteroatoms. The number of carbonyl (C=O) groups excluding carboxylic acids is 1. The molecule has 0 unspecified atom stereocenters. The molecule has 1 aromatic carbocycles. The zero-order valence-electron chi connectivity index (χ0n) is 10.4. The first-order chi connectivity index (χ1) is 8.40. The van der Waals surface area contributed by atoms with Crippen molar-refractivity contribution in [2.75, 3.05) is 21.3 Å². The summed E-state index contributed by atoms with van der Waals surface area (Å²) in [5.74, 6) is -0.655. The van der Waals surface area contributed by atoms with Crippen molar-refractivity contribution in [1.29, 1.82) is 0 Å². The van der Waals surface area contributed by atoms with Crippen molar-refractivity contribution in [3.8, 4) is 0 Å². The molecule has 0 fully saturated rings. The van der Waals surface area contributed by atoms with Gasteiger partial charge in [0.05, 0.1) is 25.5 Å². The van der Waals surface area contributed by atoms with Crippen LogP contribution in [0.25, 0.3) is 0 Å². The SMILES string of the molecule is COC(=O)c1ccc(CS(=O)(=O)N(C)OC)cc1. The van der Waals surface area contributed by atoms with Gasteiger partial charge in [-0.2, -0.15) is 0 Å². The number of nitrogens with zero attached hydrogens (tertiary/aromatic N) is 1. The summed E-state index contributed by atoms with van der Waals surface area (Å²) in [7, 11) is 0.372. The van der Waals surface area contributed by atoms with Crippen molar-refractivity contribution in [3.05, 3.63) is 35.4 Å². The van der Waals surface area contributed by atoms with Crippen molar-refractivity contribution >= 4 is 16.0 Å². The zero-order valence-corrected chi connectivity index (χ0v) is 11.2. The number of ether oxygens (including phenoxy) is 1. The topological polar surface area (TPSA) is 72.9 Å². The third-order valence-corrected chi connectivity index (χ3v) is 4.00. The van der Waals surface area contributed by atoms with Crippen LogP contribution in [0.15, 0.2) is 24.3 Å². The van der Waals surface area contributed by atoms with E-state index in [1.165, 1.54) is 33.4 Å². The third-order valence-electron chi connectivity index (χ3n) is 2.37. The van der Waals surface area contributed by atoms with Crippen LogP contribution in [-0.2, 0) is 25.4 Å². The van der Waals surface area contributed by atoms with Crippen molar-refractivity contribution in [3.63, 3.8) is 0 Å². The molecule has 0 saturated carbocycles. The molecule has 18 heavy (non-hydrogen) atoms. The Morgan fingerprint density at radius 1 is 1.22 bits per heavy atom. The molecule has 0 heterocycles. The maximum absolute atomic E-state index is 11.7. The van der Waals surface area contributed by atoms with Gasteiger partial charge in [-0.15, -0.1) is 0 Å². The number of benzene rings is 1. The second-order valence-electron chi connectivity index (χ2n) is 3.54. The van der Waals surface area contributed by atoms with Crippen molar-refractivity contribution < 1.29 is 22.8 Å². The van der Waals surface area contributed by atoms with E-state index in [0.717, 1.165) is 4.47 Å². The Morgan fingerprint density at radius 2 is 1.78 bits per heavy atom. The molecule has 0 aliphatic rings. The molecule has 0 atom stereocenters. The summed E-state index contributed by atoms with van der Waals surface area (Å²) in [6.07, 6.45) is 0. The number of sulfonamides is 1. The summed E-state index contributed by atoms with van der Waals surface area (Å²) >= 11 is 0. The third kappa shape index (κ3) is 3.52. The van der Waals surface area contributed by atoms with E-state index in [2.05, 4.69) is 9.57 Å². The Balaban J connectivity index is 2.85. The highest BCUT2D eigenvalue weighted by molar-refractivity contribution is 7.88. The van der Waals surface area contributed by atoms with Crippen LogP contribution in [0.3, 0.4) is 0 Å². The molecule has 0 radical (unpaired) electrons. The lowest BCUT2D eigenvalue weighted by molar-refractivity contribution is -0.0260. The van der Waals surface area contributed by atoms with E-state index < -0.39 is 16.0 Å². The monoisotopic (exact) mass is 273 g/mol. The van der Waals surface area contributed by atoms with Gasteiger partial charge in [-0.3, -0.25) is 4.84 Å². The number of hydroxylamine groups is 1. The molecule has 0 aliphatic heterocycles. The van der Waals surface area contributed by atoms with Gasteiger partial charge < -0.3 is 4.74 Å². The van der Waals surface area contributed by atoms with Crippen LogP contribution in [0.2, 0.25) is 0 Å². The maximum Gasteiger partial charge on any atom is 0.337 e. The number of hydrogen-bond donors (Lipinski definition) is 0. The molecular formula is C11H15NO5S. The van der Waals surface area contributed by atoms with Gasteiger partial charge in [0.15, 0.2) is 0 Å². The molecular weight excluding hydrogens is 258 g/mol. The van der Waals surface area contributed by atoms with E-state index >= 15 is 0 Å². The molecule has 0 aliphatic carbocycles. The zero-order chi connectivity index (χ0) is 13.8. The predicted octanol–water partition coefficient (Wildman–Crippen LogP) is 0.796. The molecule has 1 rings (SSSR count). The summed E-state index contributed by atoms with van der Waals surface area (Å²) in [5, 5.41) is 0. The smallest absolute Gasteiger partial charge is 0.337 e. The second-order valence-corrected chi connectivity index (χ2v) is 5.50. The minimum absolute atomic E-state index is 0.196. The number of rotatable bonds is 5. The fourth-order valence-electron chi connectivity index (χ4n) is 1.27. The van der Waals surface area contributed by atoms with Crippen LogP contribution in [-0.4, -0.2) is 40.1 Å². The average molecular weight is 273 g/mol. The molecule has 0 saturated heterocycles. The van der Waals surface area contributed by atoms with Gasteiger partial charge in [-0.05, 0) is 17.7 Å². The summed E-state index contributed by atoms with van der Waals surface area (Å²) < 4.78 is 28.8. The summed E-state index contributed by atoms with van der Waals surface area (Å²) in [4.78, 5) is 15.8. The van der Waals surface area contributed by atoms with Gasteiger partial charge in [0.1, 0.15) is 0 Å². The number of hydrogen-bond acceptors (Lipinski definition) is 5. The predicted molar refractivity (Wildman–Crippen MR) is 65.2 cm³/mol. The van der Waals surface area contributed by atoms with Gasteiger partial charge in [-0.1, -0.05) is 16.6 Å². The van der Waals surface area contributed by atoms with E-state index in [-0.39, 0.29) is 5.75 Å². The molecule has 0 aromatic heterocycles. The van der Waals surface area contributed by atoms with Crippen LogP contribution in [0, 0.1) is 0 Å². The number of carbonyl (C=O) groups is 1. The van der Waals surface area contributed by atoms with E-state index in [4.69, 9.17) is 0 Å². The minimum Gasteiger partial charge on any atom is -0.465 e. The van der Waals surface area contributed by atoms with E-state index in [0.29, 0.717) is 11.1 Å². The first kappa shape index (κ1) is 14.6. The summed E-state index contributed by atoms with van der Waals surface area (Å²) in [6, 6.07) is 6.16. The Morgan fingerprint density at radius 3 is 2.22 bits per heavy atom. The lowest BCUT2D eigenvalue weighted by Gasteiger charge is -2.13. The minimum atomic E-state index is -3.51. The lowest BCUT2D eigenvalue weighted by atomic mass is 10.1. The van der Waals surface area contributed by atoms with Gasteiger partial charge in [0, 0.05) is 7.05 Å². The van der Waals surface area contributed by atoms with Gasteiger partial charge in [0.2, 0.25) is 10.0 Å². The fourth-order valence-corrected chi connectivity index (χ4v) is 2.29. The summed E-state index contributed by atoms with van der Waals surface area (Å²) in [6.45, 7) is 0. The van der Waals surface area contributed by atoms with Gasteiger partial charge in [-0.25, -0.2) is 13.2 Å². The quantitative estimate of drug-likeness (QED) is 0.586. The normalized spacial score (nSPS) is 11.6. The van der Waals surface area contributed by atoms with E-state index in [1.54, 1.807) is 12.1 Å². The Bertz CT molecular complexity index is 509. The van der Waals surface area contributed by atoms with Crippen LogP contribution >= 0.6 is 0 Å². The maximum atomic E-state index is 11.7. The van der Waals surface area contributed by atoms with E-state index in [1.807, 2.05) is 0 Å². The summed E-state index contributed by atoms with van der Waals surface area (Å²) in [5.41, 5.74) is 0.935. The highest BCUT2D eigenvalue weighted by Gasteiger charge is 2.18. The van der Waals surface area contributed by atoms with E-state index in [9.17, 15) is 13.2 Å². The first-order valence-corrected chi connectivity index (χ1v) is 6.69. The van der Waals surface area contributed by atoms with Gasteiger partial charge in [0.25, 0.3) is 0 Å². The Labute approximate surface area is 106 Å². The Kier molecular flexibility index (Phi) is 4.83. The molecule has 6 nitrogen and oxygen atoms in total. The first-order valence-electron chi connectivity index (χ1n) is 5.08. The van der Waals surface area contributed by atoms with Crippen molar-refractivity contribution in [1.82, 2.24) is 4.47 Å². The number of methoxy groups -OCH3 is 1. The van der Waals surface area contributed by atoms with Crippen molar-refractivity contribution in [2.24, 2.45) is 0 Å². The standard InChI is InChI=1S/C11H15NO5S/c1-12(17-3)18(14,15)8-9-4-6-10(7-5-9)11(13)16-2/h4-7H,8H2,1-3H3. The largest absolute Gasteiger partial charge is 0.465 e. The molecule has 1 aromatic rings. The fraction of sp³-hybridized carbons (Fsp3) is 0.364. The average Bonchev–Trinajstić information content (AvgIpc) is 2.37. The molecule has 0 bridgehead atoms. The van der Waals surface area contributed by atoms with Gasteiger partial charge >= 0.3 is 5.97 Å². The van der Waals surface area contributed by atoms with Crippen LogP contribution < -0.4 is 0 Å². The Hall–Kier alpha value is -1.44. The van der Waals surface area contributed by atoms with Crippen molar-refractivity contribution in [2.45, 2.75) is 5.75 Å². The van der Waals surface area contributed by atoms with Crippen LogP contribution in [0.5, 0.6) is 0 Å². The highest BCUT2D eigenvalue weighted by atomic mass is 32.2. The molecule has 100 valence electrons. The molecule has 0 N–H and O–H groups in total. The molecule has 0 amide bonds. The van der Waals surface area contributed by atoms with Crippen LogP contribution in [0.4, 0.5) is 0 Å². The second kappa shape index (κ2) is 5.94. The highest BCUT2D eigenvalue weighted by Crippen LogP contribution is 2.11. The van der Waals surface area contributed by atoms with Crippen LogP contribution in [0.1, 0.15) is 15.9 Å². The lowest BCUT2D eigenvalue weighted by Crippen LogP contribution is -2.27.